The molecule has 0 atom stereocenters. The van der Waals surface area contributed by atoms with Crippen molar-refractivity contribution in [3.8, 4) is 0 Å². The van der Waals surface area contributed by atoms with E-state index in [9.17, 15) is 0 Å². The first kappa shape index (κ1) is 13.7. The van der Waals surface area contributed by atoms with Crippen molar-refractivity contribution in [1.29, 1.82) is 5.41 Å². The van der Waals surface area contributed by atoms with E-state index in [0.29, 0.717) is 12.5 Å². The largest absolute Gasteiger partial charge is 0.388 e. The molecule has 1 aromatic rings. The van der Waals surface area contributed by atoms with Crippen molar-refractivity contribution in [1.82, 2.24) is 4.90 Å². The molecule has 0 amide bonds. The molecule has 3 heteroatoms. The maximum absolute atomic E-state index is 7.23. The molecule has 0 fully saturated rings. The second kappa shape index (κ2) is 7.07. The standard InChI is InChI=1S/C14H23N3/c1-12(2)17(10-6-9-14(15)16)11-13-7-4-3-5-8-13/h3-5,7-8,12H,6,9-11H2,1-2H3,(H3,15,16). The Labute approximate surface area is 104 Å². The summed E-state index contributed by atoms with van der Waals surface area (Å²) in [5.41, 5.74) is 6.71. The fraction of sp³-hybridized carbons (Fsp3) is 0.500. The molecule has 0 aliphatic heterocycles. The third kappa shape index (κ3) is 5.50. The predicted molar refractivity (Wildman–Crippen MR) is 73.1 cm³/mol. The summed E-state index contributed by atoms with van der Waals surface area (Å²) in [5.74, 6) is 0.286. The minimum Gasteiger partial charge on any atom is -0.388 e. The zero-order chi connectivity index (χ0) is 12.7. The maximum Gasteiger partial charge on any atom is 0.0905 e. The summed E-state index contributed by atoms with van der Waals surface area (Å²) in [7, 11) is 0. The molecule has 0 spiro atoms. The van der Waals surface area contributed by atoms with Crippen LogP contribution in [0.5, 0.6) is 0 Å². The van der Waals surface area contributed by atoms with Gasteiger partial charge in [0, 0.05) is 19.0 Å². The van der Waals surface area contributed by atoms with Crippen LogP contribution in [0, 0.1) is 5.41 Å². The van der Waals surface area contributed by atoms with Gasteiger partial charge in [-0.3, -0.25) is 10.3 Å². The molecule has 0 bridgehead atoms. The van der Waals surface area contributed by atoms with E-state index in [1.165, 1.54) is 5.56 Å². The molecule has 0 aromatic heterocycles. The molecule has 17 heavy (non-hydrogen) atoms. The first-order valence-electron chi connectivity index (χ1n) is 6.20. The highest BCUT2D eigenvalue weighted by molar-refractivity contribution is 5.76. The highest BCUT2D eigenvalue weighted by atomic mass is 15.1. The third-order valence-corrected chi connectivity index (χ3v) is 2.85. The molecule has 3 nitrogen and oxygen atoms in total. The molecule has 0 radical (unpaired) electrons. The number of hydrogen-bond donors (Lipinski definition) is 2. The Kier molecular flexibility index (Phi) is 5.70. The van der Waals surface area contributed by atoms with E-state index in [1.807, 2.05) is 6.07 Å². The Bertz CT molecular complexity index is 333. The molecule has 3 N–H and O–H groups in total. The van der Waals surface area contributed by atoms with Gasteiger partial charge in [-0.2, -0.15) is 0 Å². The molecule has 1 aromatic carbocycles. The maximum atomic E-state index is 7.23. The van der Waals surface area contributed by atoms with E-state index in [1.54, 1.807) is 0 Å². The average molecular weight is 233 g/mol. The van der Waals surface area contributed by atoms with Crippen molar-refractivity contribution in [2.45, 2.75) is 39.3 Å². The van der Waals surface area contributed by atoms with Crippen molar-refractivity contribution in [3.05, 3.63) is 35.9 Å². The van der Waals surface area contributed by atoms with Gasteiger partial charge >= 0.3 is 0 Å². The van der Waals surface area contributed by atoms with Crippen LogP contribution in [0.3, 0.4) is 0 Å². The molecule has 0 saturated carbocycles. The molecule has 0 heterocycles. The topological polar surface area (TPSA) is 53.1 Å². The van der Waals surface area contributed by atoms with Crippen LogP contribution in [-0.2, 0) is 6.54 Å². The molecule has 94 valence electrons. The summed E-state index contributed by atoms with van der Waals surface area (Å²) >= 11 is 0. The fourth-order valence-corrected chi connectivity index (χ4v) is 1.81. The van der Waals surface area contributed by atoms with Crippen LogP contribution in [0.1, 0.15) is 32.3 Å². The van der Waals surface area contributed by atoms with E-state index < -0.39 is 0 Å². The van der Waals surface area contributed by atoms with Crippen molar-refractivity contribution in [2.24, 2.45) is 5.73 Å². The van der Waals surface area contributed by atoms with Crippen LogP contribution >= 0.6 is 0 Å². The van der Waals surface area contributed by atoms with Crippen LogP contribution in [0.2, 0.25) is 0 Å². The van der Waals surface area contributed by atoms with E-state index in [0.717, 1.165) is 19.5 Å². The van der Waals surface area contributed by atoms with Crippen molar-refractivity contribution in [2.75, 3.05) is 6.54 Å². The molecule has 0 aliphatic rings. The van der Waals surface area contributed by atoms with E-state index in [4.69, 9.17) is 11.1 Å². The second-order valence-electron chi connectivity index (χ2n) is 4.68. The fourth-order valence-electron chi connectivity index (χ4n) is 1.81. The van der Waals surface area contributed by atoms with Gasteiger partial charge in [-0.1, -0.05) is 30.3 Å². The van der Waals surface area contributed by atoms with Gasteiger partial charge in [-0.25, -0.2) is 0 Å². The molecular weight excluding hydrogens is 210 g/mol. The number of hydrogen-bond acceptors (Lipinski definition) is 2. The summed E-state index contributed by atoms with van der Waals surface area (Å²) in [4.78, 5) is 2.41. The molecule has 0 saturated heterocycles. The van der Waals surface area contributed by atoms with E-state index >= 15 is 0 Å². The van der Waals surface area contributed by atoms with Gasteiger partial charge in [0.15, 0.2) is 0 Å². The minimum absolute atomic E-state index is 0.286. The van der Waals surface area contributed by atoms with Crippen molar-refractivity contribution < 1.29 is 0 Å². The smallest absolute Gasteiger partial charge is 0.0905 e. The molecule has 0 aliphatic carbocycles. The number of rotatable bonds is 7. The highest BCUT2D eigenvalue weighted by Crippen LogP contribution is 2.09. The number of nitrogens with one attached hydrogen (secondary N) is 1. The third-order valence-electron chi connectivity index (χ3n) is 2.85. The Morgan fingerprint density at radius 3 is 2.47 bits per heavy atom. The van der Waals surface area contributed by atoms with Crippen LogP contribution in [0.4, 0.5) is 0 Å². The highest BCUT2D eigenvalue weighted by Gasteiger charge is 2.09. The number of benzene rings is 1. The van der Waals surface area contributed by atoms with Gasteiger partial charge in [0.05, 0.1) is 5.84 Å². The number of nitrogens with zero attached hydrogens (tertiary/aromatic N) is 1. The van der Waals surface area contributed by atoms with Gasteiger partial charge in [0.25, 0.3) is 0 Å². The average Bonchev–Trinajstić information content (AvgIpc) is 2.28. The summed E-state index contributed by atoms with van der Waals surface area (Å²) in [6.45, 7) is 6.37. The van der Waals surface area contributed by atoms with Crippen LogP contribution in [-0.4, -0.2) is 23.3 Å². The lowest BCUT2D eigenvalue weighted by molar-refractivity contribution is 0.211. The second-order valence-corrected chi connectivity index (χ2v) is 4.68. The zero-order valence-corrected chi connectivity index (χ0v) is 10.8. The van der Waals surface area contributed by atoms with Crippen LogP contribution in [0.25, 0.3) is 0 Å². The zero-order valence-electron chi connectivity index (χ0n) is 10.8. The van der Waals surface area contributed by atoms with Gasteiger partial charge in [-0.05, 0) is 32.4 Å². The summed E-state index contributed by atoms with van der Waals surface area (Å²) < 4.78 is 0. The summed E-state index contributed by atoms with van der Waals surface area (Å²) in [6, 6.07) is 11.0. The lowest BCUT2D eigenvalue weighted by Gasteiger charge is -2.26. The number of amidine groups is 1. The van der Waals surface area contributed by atoms with Crippen LogP contribution in [0.15, 0.2) is 30.3 Å². The van der Waals surface area contributed by atoms with Gasteiger partial charge in [0.1, 0.15) is 0 Å². The lowest BCUT2D eigenvalue weighted by atomic mass is 10.1. The molecule has 0 unspecified atom stereocenters. The Morgan fingerprint density at radius 1 is 1.29 bits per heavy atom. The van der Waals surface area contributed by atoms with Crippen molar-refractivity contribution in [3.63, 3.8) is 0 Å². The quantitative estimate of drug-likeness (QED) is 0.562. The first-order chi connectivity index (χ1) is 8.09. The van der Waals surface area contributed by atoms with Gasteiger partial charge in [-0.15, -0.1) is 0 Å². The van der Waals surface area contributed by atoms with Crippen molar-refractivity contribution >= 4 is 5.84 Å². The Hall–Kier alpha value is -1.35. The predicted octanol–water partition coefficient (Wildman–Crippen LogP) is 2.61. The minimum atomic E-state index is 0.286. The van der Waals surface area contributed by atoms with E-state index in [2.05, 4.69) is 43.0 Å². The normalized spacial score (nSPS) is 11.1. The SMILES string of the molecule is CC(C)N(CCCC(=N)N)Cc1ccccc1. The summed E-state index contributed by atoms with van der Waals surface area (Å²) in [6.07, 6.45) is 1.65. The monoisotopic (exact) mass is 233 g/mol. The summed E-state index contributed by atoms with van der Waals surface area (Å²) in [5, 5.41) is 7.23. The van der Waals surface area contributed by atoms with Gasteiger partial charge < -0.3 is 5.73 Å². The van der Waals surface area contributed by atoms with E-state index in [-0.39, 0.29) is 5.84 Å². The lowest BCUT2D eigenvalue weighted by Crippen LogP contribution is -2.31. The Morgan fingerprint density at radius 2 is 1.94 bits per heavy atom. The van der Waals surface area contributed by atoms with Gasteiger partial charge in [0.2, 0.25) is 0 Å². The number of nitrogens with two attached hydrogens (primary N) is 1. The molecular formula is C14H23N3. The van der Waals surface area contributed by atoms with Crippen LogP contribution < -0.4 is 5.73 Å². The first-order valence-corrected chi connectivity index (χ1v) is 6.20. The molecule has 1 rings (SSSR count). The Balaban J connectivity index is 2.46.